The lowest BCUT2D eigenvalue weighted by Crippen LogP contribution is -2.44. The predicted octanol–water partition coefficient (Wildman–Crippen LogP) is -0.517. The number of aliphatic hydroxyl groups excluding tert-OH is 1. The number of hydrogen-bond donors (Lipinski definition) is 3. The van der Waals surface area contributed by atoms with Crippen molar-refractivity contribution >= 4 is 5.91 Å². The fourth-order valence-corrected chi connectivity index (χ4v) is 1.48. The van der Waals surface area contributed by atoms with Crippen LogP contribution in [0.3, 0.4) is 0 Å². The summed E-state index contributed by atoms with van der Waals surface area (Å²) >= 11 is 0. The number of amides is 1. The van der Waals surface area contributed by atoms with E-state index in [1.165, 1.54) is 0 Å². The van der Waals surface area contributed by atoms with E-state index in [2.05, 4.69) is 10.6 Å². The van der Waals surface area contributed by atoms with Crippen molar-refractivity contribution in [1.29, 1.82) is 0 Å². The van der Waals surface area contributed by atoms with Crippen molar-refractivity contribution in [2.24, 2.45) is 5.92 Å². The number of hydrogen-bond acceptors (Lipinski definition) is 3. The van der Waals surface area contributed by atoms with Crippen LogP contribution < -0.4 is 10.6 Å². The van der Waals surface area contributed by atoms with E-state index >= 15 is 0 Å². The van der Waals surface area contributed by atoms with Crippen molar-refractivity contribution in [2.45, 2.75) is 25.8 Å². The van der Waals surface area contributed by atoms with Crippen LogP contribution >= 0.6 is 0 Å². The molecule has 1 fully saturated rings. The van der Waals surface area contributed by atoms with Crippen molar-refractivity contribution in [2.75, 3.05) is 19.7 Å². The molecule has 76 valence electrons. The van der Waals surface area contributed by atoms with Crippen molar-refractivity contribution < 1.29 is 9.90 Å². The average Bonchev–Trinajstić information content (AvgIpc) is 2.19. The molecule has 0 aliphatic carbocycles. The molecule has 0 saturated carbocycles. The first kappa shape index (κ1) is 10.5. The number of carbonyl (C=O) groups is 1. The molecule has 1 saturated heterocycles. The van der Waals surface area contributed by atoms with Gasteiger partial charge in [0, 0.05) is 12.6 Å². The fraction of sp³-hybridized carbons (Fsp3) is 0.889. The van der Waals surface area contributed by atoms with E-state index in [9.17, 15) is 4.79 Å². The summed E-state index contributed by atoms with van der Waals surface area (Å²) in [4.78, 5) is 11.5. The first-order valence-electron chi connectivity index (χ1n) is 4.86. The van der Waals surface area contributed by atoms with Gasteiger partial charge in [-0.1, -0.05) is 0 Å². The fourth-order valence-electron chi connectivity index (χ4n) is 1.48. The minimum atomic E-state index is -0.130. The first-order chi connectivity index (χ1) is 6.24. The molecule has 1 amide bonds. The molecule has 1 heterocycles. The zero-order chi connectivity index (χ0) is 9.68. The van der Waals surface area contributed by atoms with Gasteiger partial charge in [0.2, 0.25) is 5.91 Å². The van der Waals surface area contributed by atoms with E-state index in [4.69, 9.17) is 5.11 Å². The molecule has 4 heteroatoms. The molecular formula is C9H18N2O2. The molecule has 0 radical (unpaired) electrons. The smallest absolute Gasteiger partial charge is 0.224 e. The Kier molecular flexibility index (Phi) is 4.18. The Bertz CT molecular complexity index is 167. The third-order valence-corrected chi connectivity index (χ3v) is 2.33. The highest BCUT2D eigenvalue weighted by Gasteiger charge is 2.21. The summed E-state index contributed by atoms with van der Waals surface area (Å²) in [6.45, 7) is 3.59. The third-order valence-electron chi connectivity index (χ3n) is 2.33. The van der Waals surface area contributed by atoms with Gasteiger partial charge in [0.1, 0.15) is 0 Å². The third kappa shape index (κ3) is 3.32. The molecule has 13 heavy (non-hydrogen) atoms. The van der Waals surface area contributed by atoms with Gasteiger partial charge in [-0.3, -0.25) is 4.79 Å². The molecule has 0 bridgehead atoms. The number of carbonyl (C=O) groups excluding carboxylic acids is 1. The van der Waals surface area contributed by atoms with Crippen LogP contribution in [0.2, 0.25) is 0 Å². The Labute approximate surface area is 78.7 Å². The Hall–Kier alpha value is -0.610. The normalized spacial score (nSPS) is 25.2. The SMILES string of the molecule is CC(CO)NC(=O)[C@@H]1CCCNC1. The van der Waals surface area contributed by atoms with Gasteiger partial charge < -0.3 is 15.7 Å². The Balaban J connectivity index is 2.29. The summed E-state index contributed by atoms with van der Waals surface area (Å²) in [6.07, 6.45) is 2.02. The second kappa shape index (κ2) is 5.19. The van der Waals surface area contributed by atoms with Crippen LogP contribution in [0.5, 0.6) is 0 Å². The van der Waals surface area contributed by atoms with Gasteiger partial charge in [-0.15, -0.1) is 0 Å². The van der Waals surface area contributed by atoms with Crippen LogP contribution in [0.15, 0.2) is 0 Å². The zero-order valence-corrected chi connectivity index (χ0v) is 8.05. The van der Waals surface area contributed by atoms with Crippen LogP contribution in [-0.4, -0.2) is 36.8 Å². The standard InChI is InChI=1S/C9H18N2O2/c1-7(6-12)11-9(13)8-3-2-4-10-5-8/h7-8,10,12H,2-6H2,1H3,(H,11,13)/t7?,8-/m1/s1. The van der Waals surface area contributed by atoms with Crippen LogP contribution in [0.1, 0.15) is 19.8 Å². The van der Waals surface area contributed by atoms with Gasteiger partial charge in [0.15, 0.2) is 0 Å². The Morgan fingerprint density at radius 1 is 1.77 bits per heavy atom. The number of rotatable bonds is 3. The lowest BCUT2D eigenvalue weighted by molar-refractivity contribution is -0.126. The summed E-state index contributed by atoms with van der Waals surface area (Å²) in [7, 11) is 0. The minimum Gasteiger partial charge on any atom is -0.394 e. The number of nitrogens with one attached hydrogen (secondary N) is 2. The first-order valence-corrected chi connectivity index (χ1v) is 4.86. The lowest BCUT2D eigenvalue weighted by Gasteiger charge is -2.23. The minimum absolute atomic E-state index is 0.00584. The predicted molar refractivity (Wildman–Crippen MR) is 50.3 cm³/mol. The van der Waals surface area contributed by atoms with Gasteiger partial charge in [-0.2, -0.15) is 0 Å². The Morgan fingerprint density at radius 2 is 2.54 bits per heavy atom. The van der Waals surface area contributed by atoms with Gasteiger partial charge in [-0.25, -0.2) is 0 Å². The van der Waals surface area contributed by atoms with Crippen LogP contribution in [0.4, 0.5) is 0 Å². The Morgan fingerprint density at radius 3 is 3.08 bits per heavy atom. The molecule has 1 aliphatic heterocycles. The largest absolute Gasteiger partial charge is 0.394 e. The quantitative estimate of drug-likeness (QED) is 0.556. The van der Waals surface area contributed by atoms with E-state index < -0.39 is 0 Å². The highest BCUT2D eigenvalue weighted by molar-refractivity contribution is 5.79. The van der Waals surface area contributed by atoms with Crippen LogP contribution in [-0.2, 0) is 4.79 Å². The van der Waals surface area contributed by atoms with Crippen LogP contribution in [0, 0.1) is 5.92 Å². The highest BCUT2D eigenvalue weighted by atomic mass is 16.3. The zero-order valence-electron chi connectivity index (χ0n) is 8.05. The van der Waals surface area contributed by atoms with Crippen LogP contribution in [0.25, 0.3) is 0 Å². The second-order valence-electron chi connectivity index (χ2n) is 3.64. The van der Waals surface area contributed by atoms with E-state index in [0.717, 1.165) is 25.9 Å². The van der Waals surface area contributed by atoms with E-state index in [0.29, 0.717) is 0 Å². The molecule has 3 N–H and O–H groups in total. The maximum Gasteiger partial charge on any atom is 0.224 e. The monoisotopic (exact) mass is 186 g/mol. The molecule has 0 spiro atoms. The maximum atomic E-state index is 11.5. The molecule has 1 aliphatic rings. The summed E-state index contributed by atoms with van der Waals surface area (Å²) < 4.78 is 0. The van der Waals surface area contributed by atoms with Gasteiger partial charge in [0.25, 0.3) is 0 Å². The van der Waals surface area contributed by atoms with E-state index in [-0.39, 0.29) is 24.5 Å². The highest BCUT2D eigenvalue weighted by Crippen LogP contribution is 2.09. The average molecular weight is 186 g/mol. The van der Waals surface area contributed by atoms with Crippen molar-refractivity contribution in [3.05, 3.63) is 0 Å². The van der Waals surface area contributed by atoms with Crippen molar-refractivity contribution in [3.8, 4) is 0 Å². The molecule has 0 aromatic heterocycles. The second-order valence-corrected chi connectivity index (χ2v) is 3.64. The molecule has 2 atom stereocenters. The van der Waals surface area contributed by atoms with E-state index in [1.807, 2.05) is 0 Å². The summed E-state index contributed by atoms with van der Waals surface area (Å²) in [5.41, 5.74) is 0. The summed E-state index contributed by atoms with van der Waals surface area (Å²) in [6, 6.07) is -0.130. The molecular weight excluding hydrogens is 168 g/mol. The summed E-state index contributed by atoms with van der Waals surface area (Å²) in [5, 5.41) is 14.7. The van der Waals surface area contributed by atoms with Gasteiger partial charge in [0.05, 0.1) is 12.5 Å². The molecule has 0 aromatic carbocycles. The lowest BCUT2D eigenvalue weighted by atomic mass is 9.98. The molecule has 0 aromatic rings. The van der Waals surface area contributed by atoms with Gasteiger partial charge >= 0.3 is 0 Å². The van der Waals surface area contributed by atoms with Gasteiger partial charge in [-0.05, 0) is 26.3 Å². The molecule has 1 rings (SSSR count). The van der Waals surface area contributed by atoms with Crippen molar-refractivity contribution in [3.63, 3.8) is 0 Å². The summed E-state index contributed by atoms with van der Waals surface area (Å²) in [5.74, 6) is 0.150. The number of aliphatic hydroxyl groups is 1. The van der Waals surface area contributed by atoms with Crippen molar-refractivity contribution in [1.82, 2.24) is 10.6 Å². The number of piperidine rings is 1. The topological polar surface area (TPSA) is 61.4 Å². The maximum absolute atomic E-state index is 11.5. The molecule has 1 unspecified atom stereocenters. The van der Waals surface area contributed by atoms with E-state index in [1.54, 1.807) is 6.92 Å². The molecule has 4 nitrogen and oxygen atoms in total.